The van der Waals surface area contributed by atoms with Gasteiger partial charge in [-0.2, -0.15) is 0 Å². The van der Waals surface area contributed by atoms with Gasteiger partial charge in [0.1, 0.15) is 0 Å². The molecule has 0 aliphatic carbocycles. The first-order valence-corrected chi connectivity index (χ1v) is 10.7. The number of anilines is 1. The number of rotatable bonds is 7. The zero-order valence-electron chi connectivity index (χ0n) is 17.3. The van der Waals surface area contributed by atoms with Gasteiger partial charge >= 0.3 is 0 Å². The van der Waals surface area contributed by atoms with E-state index in [-0.39, 0.29) is 29.9 Å². The molecule has 1 saturated heterocycles. The Labute approximate surface area is 194 Å². The molecule has 2 aromatic rings. The fraction of sp³-hybridized carbons (Fsp3) is 0.476. The lowest BCUT2D eigenvalue weighted by molar-refractivity contribution is -0.117. The molecule has 3 rings (SSSR count). The molecule has 29 heavy (non-hydrogen) atoms. The number of hydrogen-bond acceptors (Lipinski definition) is 4. The Morgan fingerprint density at radius 1 is 1.28 bits per heavy atom. The van der Waals surface area contributed by atoms with Crippen LogP contribution in [-0.4, -0.2) is 37.0 Å². The summed E-state index contributed by atoms with van der Waals surface area (Å²) in [6.45, 7) is 6.59. The summed E-state index contributed by atoms with van der Waals surface area (Å²) in [6, 6.07) is 8.16. The van der Waals surface area contributed by atoms with Crippen molar-refractivity contribution in [3.63, 3.8) is 0 Å². The maximum atomic E-state index is 11.8. The number of halogens is 1. The highest BCUT2D eigenvalue weighted by molar-refractivity contribution is 14.0. The number of benzene rings is 1. The monoisotopic (exact) mass is 527 g/mol. The van der Waals surface area contributed by atoms with Gasteiger partial charge in [0, 0.05) is 50.1 Å². The zero-order valence-corrected chi connectivity index (χ0v) is 20.5. The van der Waals surface area contributed by atoms with Crippen molar-refractivity contribution in [3.05, 3.63) is 45.4 Å². The van der Waals surface area contributed by atoms with E-state index in [9.17, 15) is 4.79 Å². The van der Waals surface area contributed by atoms with Crippen LogP contribution >= 0.6 is 35.3 Å². The van der Waals surface area contributed by atoms with Crippen molar-refractivity contribution in [1.29, 1.82) is 0 Å². The van der Waals surface area contributed by atoms with Gasteiger partial charge in [0.2, 0.25) is 5.91 Å². The van der Waals surface area contributed by atoms with E-state index in [2.05, 4.69) is 46.6 Å². The van der Waals surface area contributed by atoms with Crippen molar-refractivity contribution in [3.8, 4) is 0 Å². The van der Waals surface area contributed by atoms with E-state index in [1.165, 1.54) is 15.6 Å². The number of aromatic nitrogens is 1. The topological polar surface area (TPSA) is 69.6 Å². The molecular formula is C21H30IN5OS. The van der Waals surface area contributed by atoms with Crippen molar-refractivity contribution >= 4 is 52.9 Å². The Kier molecular flexibility index (Phi) is 9.35. The van der Waals surface area contributed by atoms with Gasteiger partial charge in [0.25, 0.3) is 0 Å². The average Bonchev–Trinajstić information content (AvgIpc) is 3.30. The summed E-state index contributed by atoms with van der Waals surface area (Å²) in [4.78, 5) is 24.0. The number of amides is 1. The number of carbonyl (C=O) groups is 1. The summed E-state index contributed by atoms with van der Waals surface area (Å²) in [5.41, 5.74) is 3.35. The van der Waals surface area contributed by atoms with Gasteiger partial charge in [-0.05, 0) is 37.5 Å². The third-order valence-electron chi connectivity index (χ3n) is 4.91. The first-order chi connectivity index (χ1) is 13.6. The normalized spacial score (nSPS) is 14.1. The second kappa shape index (κ2) is 11.5. The number of aliphatic imine (C=N–C) groups is 1. The first-order valence-electron chi connectivity index (χ1n) is 9.89. The highest BCUT2D eigenvalue weighted by Crippen LogP contribution is 2.21. The van der Waals surface area contributed by atoms with Gasteiger partial charge in [-0.1, -0.05) is 19.1 Å². The van der Waals surface area contributed by atoms with Crippen LogP contribution < -0.4 is 15.5 Å². The summed E-state index contributed by atoms with van der Waals surface area (Å²) in [5.74, 6) is 1.000. The van der Waals surface area contributed by atoms with Crippen LogP contribution in [0.5, 0.6) is 0 Å². The van der Waals surface area contributed by atoms with Gasteiger partial charge in [-0.25, -0.2) is 4.98 Å². The number of hydrogen-bond donors (Lipinski definition) is 2. The predicted octanol–water partition coefficient (Wildman–Crippen LogP) is 3.67. The van der Waals surface area contributed by atoms with Crippen LogP contribution in [0.2, 0.25) is 0 Å². The average molecular weight is 527 g/mol. The molecule has 8 heteroatoms. The van der Waals surface area contributed by atoms with Crippen molar-refractivity contribution in [2.24, 2.45) is 4.99 Å². The molecule has 1 aliphatic rings. The molecule has 0 atom stereocenters. The highest BCUT2D eigenvalue weighted by atomic mass is 127. The summed E-state index contributed by atoms with van der Waals surface area (Å²) in [6.07, 6.45) is 3.49. The number of nitrogens with one attached hydrogen (secondary N) is 2. The highest BCUT2D eigenvalue weighted by Gasteiger charge is 2.21. The SMILES string of the molecule is CCc1nc(CCNC(=NC)NCc2ccc(N3CCCC3=O)cc2)sc1C.I. The van der Waals surface area contributed by atoms with Crippen molar-refractivity contribution in [1.82, 2.24) is 15.6 Å². The van der Waals surface area contributed by atoms with Crippen LogP contribution in [0.15, 0.2) is 29.3 Å². The Hall–Kier alpha value is -1.68. The van der Waals surface area contributed by atoms with E-state index >= 15 is 0 Å². The molecule has 1 fully saturated rings. The molecule has 0 unspecified atom stereocenters. The van der Waals surface area contributed by atoms with E-state index in [0.717, 1.165) is 49.6 Å². The van der Waals surface area contributed by atoms with Crippen LogP contribution in [0.1, 0.15) is 40.9 Å². The summed E-state index contributed by atoms with van der Waals surface area (Å²) in [7, 11) is 1.78. The molecule has 1 amide bonds. The Bertz CT molecular complexity index is 834. The summed E-state index contributed by atoms with van der Waals surface area (Å²) < 4.78 is 0. The van der Waals surface area contributed by atoms with E-state index < -0.39 is 0 Å². The molecule has 0 spiro atoms. The van der Waals surface area contributed by atoms with Crippen LogP contribution in [-0.2, 0) is 24.2 Å². The number of carbonyl (C=O) groups excluding carboxylic acids is 1. The van der Waals surface area contributed by atoms with Crippen molar-refractivity contribution in [2.75, 3.05) is 25.0 Å². The lowest BCUT2D eigenvalue weighted by Gasteiger charge is -2.16. The minimum absolute atomic E-state index is 0. The van der Waals surface area contributed by atoms with Crippen LogP contribution in [0.25, 0.3) is 0 Å². The van der Waals surface area contributed by atoms with Gasteiger partial charge < -0.3 is 15.5 Å². The minimum Gasteiger partial charge on any atom is -0.356 e. The smallest absolute Gasteiger partial charge is 0.227 e. The van der Waals surface area contributed by atoms with Gasteiger partial charge in [0.05, 0.1) is 10.7 Å². The molecule has 1 aliphatic heterocycles. The van der Waals surface area contributed by atoms with E-state index in [0.29, 0.717) is 13.0 Å². The van der Waals surface area contributed by atoms with E-state index in [1.54, 1.807) is 18.4 Å². The lowest BCUT2D eigenvalue weighted by atomic mass is 10.2. The fourth-order valence-corrected chi connectivity index (χ4v) is 4.35. The second-order valence-electron chi connectivity index (χ2n) is 6.88. The first kappa shape index (κ1) is 23.6. The lowest BCUT2D eigenvalue weighted by Crippen LogP contribution is -2.37. The molecular weight excluding hydrogens is 497 g/mol. The number of guanidine groups is 1. The minimum atomic E-state index is 0. The molecule has 0 radical (unpaired) electrons. The molecule has 158 valence electrons. The Morgan fingerprint density at radius 3 is 2.62 bits per heavy atom. The molecule has 1 aromatic heterocycles. The molecule has 0 saturated carbocycles. The molecule has 1 aromatic carbocycles. The third kappa shape index (κ3) is 6.40. The maximum absolute atomic E-state index is 11.8. The Balaban J connectivity index is 0.00000300. The van der Waals surface area contributed by atoms with Crippen LogP contribution in [0, 0.1) is 6.92 Å². The van der Waals surface area contributed by atoms with Crippen molar-refractivity contribution in [2.45, 2.75) is 46.1 Å². The number of thiazole rings is 1. The van der Waals surface area contributed by atoms with Gasteiger partial charge in [-0.15, -0.1) is 35.3 Å². The standard InChI is InChI=1S/C21H29N5OS.HI/c1-4-18-15(2)28-19(25-18)11-12-23-21(22-3)24-14-16-7-9-17(10-8-16)26-13-5-6-20(26)27;/h7-10H,4-6,11-14H2,1-3H3,(H2,22,23,24);1H. The van der Waals surface area contributed by atoms with E-state index in [4.69, 9.17) is 0 Å². The molecule has 2 heterocycles. The number of aryl methyl sites for hydroxylation is 2. The molecule has 0 bridgehead atoms. The maximum Gasteiger partial charge on any atom is 0.227 e. The van der Waals surface area contributed by atoms with Crippen molar-refractivity contribution < 1.29 is 4.79 Å². The Morgan fingerprint density at radius 2 is 2.03 bits per heavy atom. The summed E-state index contributed by atoms with van der Waals surface area (Å²) >= 11 is 1.78. The van der Waals surface area contributed by atoms with E-state index in [1.807, 2.05) is 17.0 Å². The number of nitrogens with zero attached hydrogens (tertiary/aromatic N) is 3. The van der Waals surface area contributed by atoms with Crippen LogP contribution in [0.4, 0.5) is 5.69 Å². The summed E-state index contributed by atoms with van der Waals surface area (Å²) in [5, 5.41) is 7.86. The van der Waals surface area contributed by atoms with Crippen LogP contribution in [0.3, 0.4) is 0 Å². The quantitative estimate of drug-likeness (QED) is 0.328. The largest absolute Gasteiger partial charge is 0.356 e. The molecule has 2 N–H and O–H groups in total. The predicted molar refractivity (Wildman–Crippen MR) is 132 cm³/mol. The zero-order chi connectivity index (χ0) is 19.9. The second-order valence-corrected chi connectivity index (χ2v) is 8.17. The van der Waals surface area contributed by atoms with Gasteiger partial charge in [-0.3, -0.25) is 9.79 Å². The van der Waals surface area contributed by atoms with Gasteiger partial charge in [0.15, 0.2) is 5.96 Å². The molecule has 6 nitrogen and oxygen atoms in total. The third-order valence-corrected chi connectivity index (χ3v) is 5.98. The fourth-order valence-electron chi connectivity index (χ4n) is 3.33.